The molecule has 0 aromatic rings. The van der Waals surface area contributed by atoms with Crippen molar-refractivity contribution in [2.75, 3.05) is 19.6 Å². The molecule has 0 atom stereocenters. The van der Waals surface area contributed by atoms with Crippen LogP contribution in [0.2, 0.25) is 0 Å². The Kier molecular flexibility index (Phi) is 3.31. The predicted molar refractivity (Wildman–Crippen MR) is 51.7 cm³/mol. The van der Waals surface area contributed by atoms with Gasteiger partial charge in [0.15, 0.2) is 0 Å². The van der Waals surface area contributed by atoms with E-state index in [-0.39, 0.29) is 11.8 Å². The van der Waals surface area contributed by atoms with Crippen LogP contribution in [0.3, 0.4) is 0 Å². The van der Waals surface area contributed by atoms with E-state index >= 15 is 0 Å². The summed E-state index contributed by atoms with van der Waals surface area (Å²) < 4.78 is 0. The van der Waals surface area contributed by atoms with Crippen LogP contribution in [0, 0.1) is 5.41 Å². The number of nitrogens with zero attached hydrogens (tertiary/aromatic N) is 1. The van der Waals surface area contributed by atoms with E-state index in [1.807, 2.05) is 13.8 Å². The molecule has 3 heteroatoms. The number of hydrogen-bond donors (Lipinski definition) is 1. The Balaban J connectivity index is 2.35. The number of hydrogen-bond acceptors (Lipinski definition) is 2. The molecular formula is C10H19NO2. The van der Waals surface area contributed by atoms with Crippen molar-refractivity contribution < 1.29 is 9.90 Å². The van der Waals surface area contributed by atoms with E-state index in [9.17, 15) is 4.79 Å². The van der Waals surface area contributed by atoms with Crippen LogP contribution in [0.25, 0.3) is 0 Å². The maximum atomic E-state index is 10.6. The third-order valence-corrected chi connectivity index (χ3v) is 2.48. The lowest BCUT2D eigenvalue weighted by atomic mass is 9.89. The molecule has 0 unspecified atom stereocenters. The van der Waals surface area contributed by atoms with Gasteiger partial charge < -0.3 is 10.0 Å². The molecule has 13 heavy (non-hydrogen) atoms. The molecule has 1 rings (SSSR count). The van der Waals surface area contributed by atoms with Crippen molar-refractivity contribution >= 4 is 5.97 Å². The highest BCUT2D eigenvalue weighted by molar-refractivity contribution is 5.67. The molecule has 0 saturated carbocycles. The lowest BCUT2D eigenvalue weighted by Gasteiger charge is -2.28. The summed E-state index contributed by atoms with van der Waals surface area (Å²) >= 11 is 0. The van der Waals surface area contributed by atoms with Gasteiger partial charge >= 0.3 is 5.97 Å². The van der Waals surface area contributed by atoms with Crippen LogP contribution in [0.5, 0.6) is 0 Å². The van der Waals surface area contributed by atoms with E-state index in [2.05, 4.69) is 4.90 Å². The Morgan fingerprint density at radius 1 is 1.38 bits per heavy atom. The molecule has 3 nitrogen and oxygen atoms in total. The molecule has 0 aromatic carbocycles. The number of carboxylic acids is 1. The Bertz CT molecular complexity index is 183. The molecule has 0 bridgehead atoms. The topological polar surface area (TPSA) is 40.5 Å². The standard InChI is InChI=1S/C10H19NO2/c1-10(2,7-9(12)13)8-11-5-3-4-6-11/h3-8H2,1-2H3,(H,12,13). The van der Waals surface area contributed by atoms with Crippen LogP contribution in [0.1, 0.15) is 33.1 Å². The number of carbonyl (C=O) groups is 1. The average Bonchev–Trinajstić information content (AvgIpc) is 2.34. The fourth-order valence-corrected chi connectivity index (χ4v) is 2.01. The van der Waals surface area contributed by atoms with E-state index in [0.29, 0.717) is 0 Å². The first kappa shape index (κ1) is 10.5. The Labute approximate surface area is 79.7 Å². The first-order valence-corrected chi connectivity index (χ1v) is 4.94. The number of likely N-dealkylation sites (tertiary alicyclic amines) is 1. The van der Waals surface area contributed by atoms with Gasteiger partial charge in [0.05, 0.1) is 6.42 Å². The summed E-state index contributed by atoms with van der Waals surface area (Å²) in [6.45, 7) is 7.25. The van der Waals surface area contributed by atoms with Crippen molar-refractivity contribution in [1.29, 1.82) is 0 Å². The molecule has 1 fully saturated rings. The van der Waals surface area contributed by atoms with E-state index in [1.54, 1.807) is 0 Å². The summed E-state index contributed by atoms with van der Waals surface area (Å²) in [6.07, 6.45) is 2.80. The van der Waals surface area contributed by atoms with Crippen molar-refractivity contribution in [3.8, 4) is 0 Å². The van der Waals surface area contributed by atoms with Gasteiger partial charge in [-0.1, -0.05) is 13.8 Å². The zero-order valence-corrected chi connectivity index (χ0v) is 8.55. The molecule has 0 aromatic heterocycles. The highest BCUT2D eigenvalue weighted by atomic mass is 16.4. The molecule has 76 valence electrons. The predicted octanol–water partition coefficient (Wildman–Crippen LogP) is 1.58. The van der Waals surface area contributed by atoms with Crippen molar-refractivity contribution in [2.45, 2.75) is 33.1 Å². The second-order valence-corrected chi connectivity index (χ2v) is 4.72. The molecule has 1 N–H and O–H groups in total. The fraction of sp³-hybridized carbons (Fsp3) is 0.900. The van der Waals surface area contributed by atoms with Crippen LogP contribution >= 0.6 is 0 Å². The molecule has 0 amide bonds. The normalized spacial score (nSPS) is 19.2. The average molecular weight is 185 g/mol. The smallest absolute Gasteiger partial charge is 0.303 e. The quantitative estimate of drug-likeness (QED) is 0.723. The van der Waals surface area contributed by atoms with Gasteiger partial charge in [-0.25, -0.2) is 0 Å². The maximum Gasteiger partial charge on any atom is 0.303 e. The minimum Gasteiger partial charge on any atom is -0.481 e. The summed E-state index contributed by atoms with van der Waals surface area (Å²) in [5.41, 5.74) is -0.0871. The summed E-state index contributed by atoms with van der Waals surface area (Å²) in [6, 6.07) is 0. The molecule has 0 radical (unpaired) electrons. The molecule has 1 aliphatic heterocycles. The van der Waals surface area contributed by atoms with Gasteiger partial charge in [0.2, 0.25) is 0 Å². The highest BCUT2D eigenvalue weighted by Gasteiger charge is 2.25. The van der Waals surface area contributed by atoms with Gasteiger partial charge in [-0.15, -0.1) is 0 Å². The molecule has 1 aliphatic rings. The monoisotopic (exact) mass is 185 g/mol. The summed E-state index contributed by atoms with van der Waals surface area (Å²) in [5, 5.41) is 8.70. The zero-order chi connectivity index (χ0) is 9.90. The van der Waals surface area contributed by atoms with E-state index < -0.39 is 5.97 Å². The lowest BCUT2D eigenvalue weighted by molar-refractivity contribution is -0.139. The molecule has 0 aliphatic carbocycles. The fourth-order valence-electron chi connectivity index (χ4n) is 2.01. The molecule has 1 heterocycles. The van der Waals surface area contributed by atoms with E-state index in [0.717, 1.165) is 19.6 Å². The van der Waals surface area contributed by atoms with Gasteiger partial charge in [0.25, 0.3) is 0 Å². The summed E-state index contributed by atoms with van der Waals surface area (Å²) in [5.74, 6) is -0.691. The van der Waals surface area contributed by atoms with Gasteiger partial charge in [0.1, 0.15) is 0 Å². The Morgan fingerprint density at radius 3 is 2.38 bits per heavy atom. The van der Waals surface area contributed by atoms with E-state index in [4.69, 9.17) is 5.11 Å². The first-order chi connectivity index (χ1) is 5.99. The molecular weight excluding hydrogens is 166 g/mol. The SMILES string of the molecule is CC(C)(CC(=O)O)CN1CCCC1. The van der Waals surface area contributed by atoms with Gasteiger partial charge in [-0.3, -0.25) is 4.79 Å². The van der Waals surface area contributed by atoms with Gasteiger partial charge in [0, 0.05) is 6.54 Å². The third kappa shape index (κ3) is 3.77. The van der Waals surface area contributed by atoms with Crippen LogP contribution in [-0.4, -0.2) is 35.6 Å². The zero-order valence-electron chi connectivity index (χ0n) is 8.55. The van der Waals surface area contributed by atoms with Crippen molar-refractivity contribution in [3.63, 3.8) is 0 Å². The van der Waals surface area contributed by atoms with E-state index in [1.165, 1.54) is 12.8 Å². The minimum atomic E-state index is -0.691. The minimum absolute atomic E-state index is 0.0871. The third-order valence-electron chi connectivity index (χ3n) is 2.48. The lowest BCUT2D eigenvalue weighted by Crippen LogP contribution is -2.33. The van der Waals surface area contributed by atoms with Crippen LogP contribution in [0.15, 0.2) is 0 Å². The second kappa shape index (κ2) is 4.09. The highest BCUT2D eigenvalue weighted by Crippen LogP contribution is 2.23. The largest absolute Gasteiger partial charge is 0.481 e. The first-order valence-electron chi connectivity index (χ1n) is 4.94. The van der Waals surface area contributed by atoms with Crippen molar-refractivity contribution in [2.24, 2.45) is 5.41 Å². The second-order valence-electron chi connectivity index (χ2n) is 4.72. The number of carboxylic acid groups (broad SMARTS) is 1. The molecule has 0 spiro atoms. The molecule has 1 saturated heterocycles. The Morgan fingerprint density at radius 2 is 1.92 bits per heavy atom. The number of aliphatic carboxylic acids is 1. The van der Waals surface area contributed by atoms with Crippen LogP contribution < -0.4 is 0 Å². The van der Waals surface area contributed by atoms with Gasteiger partial charge in [-0.05, 0) is 31.3 Å². The van der Waals surface area contributed by atoms with Crippen molar-refractivity contribution in [3.05, 3.63) is 0 Å². The Hall–Kier alpha value is -0.570. The van der Waals surface area contributed by atoms with Gasteiger partial charge in [-0.2, -0.15) is 0 Å². The number of rotatable bonds is 4. The van der Waals surface area contributed by atoms with Crippen molar-refractivity contribution in [1.82, 2.24) is 4.90 Å². The summed E-state index contributed by atoms with van der Waals surface area (Å²) in [4.78, 5) is 12.9. The summed E-state index contributed by atoms with van der Waals surface area (Å²) in [7, 11) is 0. The van der Waals surface area contributed by atoms with Crippen LogP contribution in [-0.2, 0) is 4.79 Å². The maximum absolute atomic E-state index is 10.6. The van der Waals surface area contributed by atoms with Crippen LogP contribution in [0.4, 0.5) is 0 Å².